The molecule has 0 aliphatic carbocycles. The van der Waals surface area contributed by atoms with Crippen molar-refractivity contribution in [2.45, 2.75) is 0 Å². The van der Waals surface area contributed by atoms with Crippen molar-refractivity contribution in [1.29, 1.82) is 5.26 Å². The summed E-state index contributed by atoms with van der Waals surface area (Å²) in [4.78, 5) is 11.8. The molecule has 0 bridgehead atoms. The lowest BCUT2D eigenvalue weighted by atomic mass is 10.1. The number of aromatic carboxylic acids is 1. The van der Waals surface area contributed by atoms with Gasteiger partial charge in [-0.1, -0.05) is 17.7 Å². The maximum absolute atomic E-state index is 10.8. The Bertz CT molecular complexity index is 628. The summed E-state index contributed by atoms with van der Waals surface area (Å²) in [5.41, 5.74) is 1.22. The first-order chi connectivity index (χ1) is 8.11. The molecule has 1 aromatic heterocycles. The third kappa shape index (κ3) is 2.31. The summed E-state index contributed by atoms with van der Waals surface area (Å²) in [6.07, 6.45) is 0. The minimum atomic E-state index is -0.953. The van der Waals surface area contributed by atoms with E-state index in [1.54, 1.807) is 24.3 Å². The van der Waals surface area contributed by atoms with Crippen molar-refractivity contribution < 1.29 is 9.90 Å². The molecule has 84 valence electrons. The molecule has 0 saturated carbocycles. The Morgan fingerprint density at radius 1 is 1.35 bits per heavy atom. The average molecular weight is 264 g/mol. The molecule has 0 radical (unpaired) electrons. The van der Waals surface area contributed by atoms with Crippen LogP contribution in [0, 0.1) is 11.3 Å². The Labute approximate surface area is 107 Å². The largest absolute Gasteiger partial charge is 0.477 e. The van der Waals surface area contributed by atoms with Gasteiger partial charge in [-0.15, -0.1) is 11.3 Å². The normalized spacial score (nSPS) is 9.88. The topological polar surface area (TPSA) is 61.1 Å². The Morgan fingerprint density at radius 2 is 2.12 bits per heavy atom. The number of hydrogen-bond donors (Lipinski definition) is 1. The molecule has 1 N–H and O–H groups in total. The molecule has 3 nitrogen and oxygen atoms in total. The van der Waals surface area contributed by atoms with E-state index in [4.69, 9.17) is 22.0 Å². The fourth-order valence-corrected chi connectivity index (χ4v) is 2.60. The van der Waals surface area contributed by atoms with Gasteiger partial charge in [-0.2, -0.15) is 5.26 Å². The van der Waals surface area contributed by atoms with Gasteiger partial charge in [0.1, 0.15) is 4.88 Å². The third-order valence-electron chi connectivity index (χ3n) is 2.18. The smallest absolute Gasteiger partial charge is 0.345 e. The molecule has 2 rings (SSSR count). The summed E-state index contributed by atoms with van der Waals surface area (Å²) in [6.45, 7) is 0. The summed E-state index contributed by atoms with van der Waals surface area (Å²) in [5.74, 6) is -0.953. The van der Waals surface area contributed by atoms with E-state index in [2.05, 4.69) is 0 Å². The van der Waals surface area contributed by atoms with Crippen molar-refractivity contribution >= 4 is 28.9 Å². The third-order valence-corrected chi connectivity index (χ3v) is 3.60. The van der Waals surface area contributed by atoms with Crippen LogP contribution >= 0.6 is 22.9 Å². The lowest BCUT2D eigenvalue weighted by molar-refractivity contribution is 0.0702. The Morgan fingerprint density at radius 3 is 2.65 bits per heavy atom. The maximum atomic E-state index is 10.8. The molecular formula is C12H6ClNO2S. The van der Waals surface area contributed by atoms with Gasteiger partial charge in [0.05, 0.1) is 16.7 Å². The first kappa shape index (κ1) is 11.6. The van der Waals surface area contributed by atoms with Crippen molar-refractivity contribution in [2.75, 3.05) is 0 Å². The van der Waals surface area contributed by atoms with Gasteiger partial charge in [0.2, 0.25) is 0 Å². The van der Waals surface area contributed by atoms with Crippen LogP contribution in [0.1, 0.15) is 15.2 Å². The predicted molar refractivity (Wildman–Crippen MR) is 66.4 cm³/mol. The lowest BCUT2D eigenvalue weighted by Gasteiger charge is -2.00. The van der Waals surface area contributed by atoms with Crippen LogP contribution in [0.15, 0.2) is 30.3 Å². The number of thiophene rings is 1. The fourth-order valence-electron chi connectivity index (χ4n) is 1.38. The van der Waals surface area contributed by atoms with Crippen LogP contribution in [0.4, 0.5) is 0 Å². The van der Waals surface area contributed by atoms with Crippen LogP contribution in [0.2, 0.25) is 5.02 Å². The molecule has 1 heterocycles. The molecule has 0 atom stereocenters. The lowest BCUT2D eigenvalue weighted by Crippen LogP contribution is -1.89. The zero-order chi connectivity index (χ0) is 12.4. The van der Waals surface area contributed by atoms with Crippen LogP contribution < -0.4 is 0 Å². The van der Waals surface area contributed by atoms with Gasteiger partial charge in [-0.3, -0.25) is 0 Å². The van der Waals surface area contributed by atoms with Gasteiger partial charge in [0, 0.05) is 10.4 Å². The van der Waals surface area contributed by atoms with E-state index >= 15 is 0 Å². The molecule has 5 heteroatoms. The van der Waals surface area contributed by atoms with E-state index in [0.717, 1.165) is 21.8 Å². The van der Waals surface area contributed by atoms with Crippen LogP contribution in [0.3, 0.4) is 0 Å². The summed E-state index contributed by atoms with van der Waals surface area (Å²) < 4.78 is 0. The Hall–Kier alpha value is -1.83. The van der Waals surface area contributed by atoms with Crippen LogP contribution in [-0.4, -0.2) is 11.1 Å². The van der Waals surface area contributed by atoms with E-state index in [1.165, 1.54) is 6.07 Å². The highest BCUT2D eigenvalue weighted by Gasteiger charge is 2.11. The minimum absolute atomic E-state index is 0.264. The maximum Gasteiger partial charge on any atom is 0.345 e. The first-order valence-corrected chi connectivity index (χ1v) is 5.84. The predicted octanol–water partition coefficient (Wildman–Crippen LogP) is 3.64. The average Bonchev–Trinajstić information content (AvgIpc) is 2.78. The molecule has 0 spiro atoms. The van der Waals surface area contributed by atoms with E-state index in [1.807, 2.05) is 6.07 Å². The Kier molecular flexibility index (Phi) is 3.14. The molecule has 0 fully saturated rings. The fraction of sp³-hybridized carbons (Fsp3) is 0. The van der Waals surface area contributed by atoms with Gasteiger partial charge in [-0.05, 0) is 24.3 Å². The summed E-state index contributed by atoms with van der Waals surface area (Å²) in [7, 11) is 0. The zero-order valence-electron chi connectivity index (χ0n) is 8.48. The quantitative estimate of drug-likeness (QED) is 0.900. The molecule has 1 aromatic carbocycles. The summed E-state index contributed by atoms with van der Waals surface area (Å²) >= 11 is 7.19. The Balaban J connectivity index is 2.46. The number of carboxylic acids is 1. The van der Waals surface area contributed by atoms with Crippen molar-refractivity contribution in [1.82, 2.24) is 0 Å². The number of benzene rings is 1. The molecule has 0 aliphatic rings. The number of halogens is 1. The summed E-state index contributed by atoms with van der Waals surface area (Å²) in [5, 5.41) is 18.0. The van der Waals surface area contributed by atoms with Crippen LogP contribution in [0.25, 0.3) is 10.4 Å². The molecule has 0 aliphatic heterocycles. The molecule has 0 saturated heterocycles. The van der Waals surface area contributed by atoms with E-state index in [9.17, 15) is 4.79 Å². The highest BCUT2D eigenvalue weighted by atomic mass is 35.5. The highest BCUT2D eigenvalue weighted by molar-refractivity contribution is 7.17. The SMILES string of the molecule is N#Cc1ccc(-c2ccc(C(=O)O)s2)c(Cl)c1. The van der Waals surface area contributed by atoms with Gasteiger partial charge < -0.3 is 5.11 Å². The van der Waals surface area contributed by atoms with E-state index in [0.29, 0.717) is 10.6 Å². The second-order valence-corrected chi connectivity index (χ2v) is 4.77. The summed E-state index contributed by atoms with van der Waals surface area (Å²) in [6, 6.07) is 10.2. The number of rotatable bonds is 2. The standard InChI is InChI=1S/C12H6ClNO2S/c13-9-5-7(6-14)1-2-8(9)10-3-4-11(17-10)12(15)16/h1-5H,(H,15,16). The second kappa shape index (κ2) is 4.58. The zero-order valence-corrected chi connectivity index (χ0v) is 10.0. The van der Waals surface area contributed by atoms with Gasteiger partial charge in [0.25, 0.3) is 0 Å². The van der Waals surface area contributed by atoms with Gasteiger partial charge in [-0.25, -0.2) is 4.79 Å². The van der Waals surface area contributed by atoms with E-state index < -0.39 is 5.97 Å². The number of nitriles is 1. The monoisotopic (exact) mass is 263 g/mol. The first-order valence-electron chi connectivity index (χ1n) is 4.65. The number of carbonyl (C=O) groups is 1. The van der Waals surface area contributed by atoms with E-state index in [-0.39, 0.29) is 4.88 Å². The van der Waals surface area contributed by atoms with Crippen molar-refractivity contribution in [3.63, 3.8) is 0 Å². The van der Waals surface area contributed by atoms with Crippen molar-refractivity contribution in [2.24, 2.45) is 0 Å². The minimum Gasteiger partial charge on any atom is -0.477 e. The molecule has 0 amide bonds. The highest BCUT2D eigenvalue weighted by Crippen LogP contribution is 2.33. The van der Waals surface area contributed by atoms with Crippen molar-refractivity contribution in [3.8, 4) is 16.5 Å². The number of nitrogens with zero attached hydrogens (tertiary/aromatic N) is 1. The molecular weight excluding hydrogens is 258 g/mol. The number of carboxylic acid groups (broad SMARTS) is 1. The van der Waals surface area contributed by atoms with Crippen LogP contribution in [-0.2, 0) is 0 Å². The van der Waals surface area contributed by atoms with Crippen molar-refractivity contribution in [3.05, 3.63) is 45.8 Å². The molecule has 17 heavy (non-hydrogen) atoms. The second-order valence-electron chi connectivity index (χ2n) is 3.28. The number of hydrogen-bond acceptors (Lipinski definition) is 3. The molecule has 0 unspecified atom stereocenters. The van der Waals surface area contributed by atoms with Crippen LogP contribution in [0.5, 0.6) is 0 Å². The van der Waals surface area contributed by atoms with Gasteiger partial charge in [0.15, 0.2) is 0 Å². The van der Waals surface area contributed by atoms with Gasteiger partial charge >= 0.3 is 5.97 Å². The molecule has 2 aromatic rings.